The lowest BCUT2D eigenvalue weighted by molar-refractivity contribution is 0.595. The molecule has 0 unspecified atom stereocenters. The van der Waals surface area contributed by atoms with E-state index in [0.717, 1.165) is 30.6 Å². The highest BCUT2D eigenvalue weighted by Crippen LogP contribution is 2.02. The molecule has 0 fully saturated rings. The van der Waals surface area contributed by atoms with Gasteiger partial charge in [-0.2, -0.15) is 0 Å². The standard InChI is InChI=1S/2C7H14.C6H12.C5H10/c2*1-4-5-6-7(2)3;1-4-5-6(2)3;1-4-5(2)3/h4-5,7H,6H2,1-3H3;4,7H,1,5-6H2,2-3H3;4,6H,1,5H2,2-3H3;4-5H,1H2,2-3H3. The van der Waals surface area contributed by atoms with Gasteiger partial charge < -0.3 is 0 Å². The second-order valence-electron chi connectivity index (χ2n) is 7.86. The molecule has 25 heavy (non-hydrogen) atoms. The van der Waals surface area contributed by atoms with E-state index >= 15 is 0 Å². The van der Waals surface area contributed by atoms with Gasteiger partial charge >= 0.3 is 0 Å². The van der Waals surface area contributed by atoms with Crippen LogP contribution in [-0.2, 0) is 0 Å². The SMILES string of the molecule is C=CC(C)C.C=CCC(C)C.C=CCCC(C)C.CC=CCC(C)C. The van der Waals surface area contributed by atoms with Crippen molar-refractivity contribution in [2.24, 2.45) is 23.7 Å². The van der Waals surface area contributed by atoms with Crippen molar-refractivity contribution in [2.45, 2.75) is 88.0 Å². The minimum atomic E-state index is 0.648. The van der Waals surface area contributed by atoms with E-state index in [1.807, 2.05) is 18.2 Å². The van der Waals surface area contributed by atoms with Gasteiger partial charge in [0, 0.05) is 0 Å². The summed E-state index contributed by atoms with van der Waals surface area (Å²) in [6.45, 7) is 30.3. The summed E-state index contributed by atoms with van der Waals surface area (Å²) in [6, 6.07) is 0. The summed E-state index contributed by atoms with van der Waals surface area (Å²) >= 11 is 0. The second kappa shape index (κ2) is 27.8. The highest BCUT2D eigenvalue weighted by atomic mass is 13.9. The van der Waals surface area contributed by atoms with Gasteiger partial charge in [-0.1, -0.05) is 85.8 Å². The molecule has 0 N–H and O–H groups in total. The molecular formula is C25H50. The third-order valence-electron chi connectivity index (χ3n) is 2.90. The zero-order valence-corrected chi connectivity index (χ0v) is 19.1. The average molecular weight is 351 g/mol. The van der Waals surface area contributed by atoms with Crippen molar-refractivity contribution in [3.8, 4) is 0 Å². The minimum Gasteiger partial charge on any atom is -0.103 e. The van der Waals surface area contributed by atoms with Gasteiger partial charge in [0.1, 0.15) is 0 Å². The molecule has 0 atom stereocenters. The van der Waals surface area contributed by atoms with Gasteiger partial charge in [-0.15, -0.1) is 19.7 Å². The Labute approximate surface area is 162 Å². The average Bonchev–Trinajstić information content (AvgIpc) is 2.52. The fraction of sp³-hybridized carbons (Fsp3) is 0.680. The van der Waals surface area contributed by atoms with Gasteiger partial charge in [-0.05, 0) is 56.3 Å². The lowest BCUT2D eigenvalue weighted by atomic mass is 10.1. The van der Waals surface area contributed by atoms with Crippen LogP contribution in [0.5, 0.6) is 0 Å². The molecule has 0 bridgehead atoms. The first-order valence-electron chi connectivity index (χ1n) is 10.0. The zero-order valence-electron chi connectivity index (χ0n) is 19.1. The largest absolute Gasteiger partial charge is 0.103 e. The quantitative estimate of drug-likeness (QED) is 0.382. The molecule has 0 aliphatic heterocycles. The Bertz CT molecular complexity index is 276. The van der Waals surface area contributed by atoms with Crippen molar-refractivity contribution < 1.29 is 0 Å². The maximum absolute atomic E-state index is 3.63. The summed E-state index contributed by atoms with van der Waals surface area (Å²) in [7, 11) is 0. The maximum atomic E-state index is 3.63. The summed E-state index contributed by atoms with van der Waals surface area (Å²) in [5.41, 5.74) is 0. The summed E-state index contributed by atoms with van der Waals surface area (Å²) < 4.78 is 0. The van der Waals surface area contributed by atoms with Crippen LogP contribution in [0.25, 0.3) is 0 Å². The van der Waals surface area contributed by atoms with E-state index in [1.54, 1.807) is 0 Å². The Morgan fingerprint density at radius 3 is 1.20 bits per heavy atom. The molecule has 0 nitrogen and oxygen atoms in total. The lowest BCUT2D eigenvalue weighted by Gasteiger charge is -1.96. The van der Waals surface area contributed by atoms with E-state index < -0.39 is 0 Å². The van der Waals surface area contributed by atoms with E-state index in [0.29, 0.717) is 5.92 Å². The van der Waals surface area contributed by atoms with Crippen LogP contribution in [0.1, 0.15) is 88.0 Å². The van der Waals surface area contributed by atoms with Gasteiger partial charge in [0.05, 0.1) is 0 Å². The summed E-state index contributed by atoms with van der Waals surface area (Å²) in [5, 5.41) is 0. The van der Waals surface area contributed by atoms with Gasteiger partial charge in [0.25, 0.3) is 0 Å². The molecule has 0 heteroatoms. The van der Waals surface area contributed by atoms with Gasteiger partial charge in [0.2, 0.25) is 0 Å². The Hall–Kier alpha value is -1.04. The summed E-state index contributed by atoms with van der Waals surface area (Å²) in [5.74, 6) is 3.08. The first kappa shape index (κ1) is 31.7. The predicted octanol–water partition coefficient (Wildman–Crippen LogP) is 9.26. The first-order chi connectivity index (χ1) is 11.6. The van der Waals surface area contributed by atoms with Crippen molar-refractivity contribution in [1.29, 1.82) is 0 Å². The van der Waals surface area contributed by atoms with Gasteiger partial charge in [-0.25, -0.2) is 0 Å². The van der Waals surface area contributed by atoms with Crippen molar-refractivity contribution in [3.63, 3.8) is 0 Å². The van der Waals surface area contributed by atoms with Crippen molar-refractivity contribution >= 4 is 0 Å². The predicted molar refractivity (Wildman–Crippen MR) is 123 cm³/mol. The van der Waals surface area contributed by atoms with Crippen LogP contribution < -0.4 is 0 Å². The highest BCUT2D eigenvalue weighted by molar-refractivity contribution is 4.77. The normalized spacial score (nSPS) is 9.80. The fourth-order valence-electron chi connectivity index (χ4n) is 1.19. The molecule has 0 saturated heterocycles. The van der Waals surface area contributed by atoms with Crippen LogP contribution in [0.2, 0.25) is 0 Å². The second-order valence-corrected chi connectivity index (χ2v) is 7.86. The van der Waals surface area contributed by atoms with Crippen molar-refractivity contribution in [3.05, 3.63) is 50.1 Å². The molecule has 150 valence electrons. The molecule has 0 aromatic carbocycles. The molecule has 0 aliphatic rings. The molecule has 0 spiro atoms. The topological polar surface area (TPSA) is 0 Å². The molecule has 0 aromatic heterocycles. The van der Waals surface area contributed by atoms with Crippen LogP contribution in [0, 0.1) is 23.7 Å². The first-order valence-corrected chi connectivity index (χ1v) is 10.0. The Balaban J connectivity index is -0.000000119. The minimum absolute atomic E-state index is 0.648. The molecule has 0 amide bonds. The van der Waals surface area contributed by atoms with Crippen LogP contribution in [-0.4, -0.2) is 0 Å². The Kier molecular flexibility index (Phi) is 35.2. The molecule has 0 saturated carbocycles. The van der Waals surface area contributed by atoms with Crippen LogP contribution >= 0.6 is 0 Å². The maximum Gasteiger partial charge on any atom is -0.0293 e. The number of hydrogen-bond acceptors (Lipinski definition) is 0. The van der Waals surface area contributed by atoms with E-state index in [2.05, 4.69) is 94.2 Å². The van der Waals surface area contributed by atoms with Crippen LogP contribution in [0.15, 0.2) is 50.1 Å². The van der Waals surface area contributed by atoms with Crippen molar-refractivity contribution in [1.82, 2.24) is 0 Å². The number of hydrogen-bond donors (Lipinski definition) is 0. The molecule has 0 heterocycles. The molecule has 0 aromatic rings. The van der Waals surface area contributed by atoms with E-state index in [4.69, 9.17) is 0 Å². The summed E-state index contributed by atoms with van der Waals surface area (Å²) in [6.07, 6.45) is 14.9. The smallest absolute Gasteiger partial charge is 0.0293 e. The Morgan fingerprint density at radius 1 is 0.680 bits per heavy atom. The van der Waals surface area contributed by atoms with Gasteiger partial charge in [0.15, 0.2) is 0 Å². The molecule has 0 radical (unpaired) electrons. The monoisotopic (exact) mass is 350 g/mol. The Morgan fingerprint density at radius 2 is 1.12 bits per heavy atom. The lowest BCUT2D eigenvalue weighted by Crippen LogP contribution is -1.82. The highest BCUT2D eigenvalue weighted by Gasteiger charge is 1.87. The summed E-state index contributed by atoms with van der Waals surface area (Å²) in [4.78, 5) is 0. The molecule has 0 aliphatic carbocycles. The van der Waals surface area contributed by atoms with Gasteiger partial charge in [-0.3, -0.25) is 0 Å². The zero-order chi connectivity index (χ0) is 20.7. The fourth-order valence-corrected chi connectivity index (χ4v) is 1.19. The van der Waals surface area contributed by atoms with E-state index in [-0.39, 0.29) is 0 Å². The van der Waals surface area contributed by atoms with E-state index in [1.165, 1.54) is 12.8 Å². The van der Waals surface area contributed by atoms with Crippen LogP contribution in [0.3, 0.4) is 0 Å². The molecular weight excluding hydrogens is 300 g/mol. The van der Waals surface area contributed by atoms with Crippen LogP contribution in [0.4, 0.5) is 0 Å². The molecule has 0 rings (SSSR count). The van der Waals surface area contributed by atoms with E-state index in [9.17, 15) is 0 Å². The number of rotatable bonds is 8. The third-order valence-corrected chi connectivity index (χ3v) is 2.90. The third kappa shape index (κ3) is 70.5. The number of allylic oxidation sites excluding steroid dienone is 5. The van der Waals surface area contributed by atoms with Crippen molar-refractivity contribution in [2.75, 3.05) is 0 Å².